The molecule has 0 spiro atoms. The zero-order valence-corrected chi connectivity index (χ0v) is 17.5. The Morgan fingerprint density at radius 2 is 2.08 bits per heavy atom. The molecule has 1 amide bonds. The Hall–Kier alpha value is -1.45. The van der Waals surface area contributed by atoms with Crippen LogP contribution >= 0.6 is 24.2 Å². The highest BCUT2D eigenvalue weighted by molar-refractivity contribution is 7.99. The van der Waals surface area contributed by atoms with Crippen LogP contribution in [0, 0.1) is 18.3 Å². The molecule has 7 heteroatoms. The van der Waals surface area contributed by atoms with Crippen LogP contribution in [-0.2, 0) is 4.74 Å². The monoisotopic (exact) mass is 385 g/mol. The largest absolute Gasteiger partial charge is 0.444 e. The highest BCUT2D eigenvalue weighted by Gasteiger charge is 2.21. The van der Waals surface area contributed by atoms with Gasteiger partial charge in [0.1, 0.15) is 16.7 Å². The Labute approximate surface area is 161 Å². The lowest BCUT2D eigenvalue weighted by Crippen LogP contribution is -2.35. The van der Waals surface area contributed by atoms with Crippen molar-refractivity contribution >= 4 is 30.3 Å². The predicted molar refractivity (Wildman–Crippen MR) is 104 cm³/mol. The van der Waals surface area contributed by atoms with Crippen molar-refractivity contribution in [3.63, 3.8) is 0 Å². The van der Waals surface area contributed by atoms with Gasteiger partial charge in [0.2, 0.25) is 0 Å². The normalized spacial score (nSPS) is 11.9. The first-order valence-electron chi connectivity index (χ1n) is 8.14. The van der Waals surface area contributed by atoms with Crippen LogP contribution in [0.5, 0.6) is 0 Å². The van der Waals surface area contributed by atoms with Crippen LogP contribution in [-0.4, -0.2) is 40.4 Å². The Morgan fingerprint density at radius 3 is 2.60 bits per heavy atom. The summed E-state index contributed by atoms with van der Waals surface area (Å²) >= 11 is 1.61. The van der Waals surface area contributed by atoms with E-state index in [4.69, 9.17) is 4.74 Å². The lowest BCUT2D eigenvalue weighted by atomic mass is 10.2. The Balaban J connectivity index is 0.00000576. The van der Waals surface area contributed by atoms with Crippen molar-refractivity contribution in [3.05, 3.63) is 23.4 Å². The number of pyridine rings is 1. The first-order chi connectivity index (χ1) is 11.2. The van der Waals surface area contributed by atoms with E-state index >= 15 is 0 Å². The van der Waals surface area contributed by atoms with E-state index in [2.05, 4.69) is 18.0 Å². The standard InChI is InChI=1S/C18H27N3O2S.ClH/c1-7-15(10-11-21(6)17(22)23-18(3,4)5)24-16-14(12-19)9-8-13(2)20-16;/h8-9,15H,7,10-11H2,1-6H3;1H. The van der Waals surface area contributed by atoms with Crippen molar-refractivity contribution in [1.29, 1.82) is 5.26 Å². The average molecular weight is 386 g/mol. The molecule has 0 N–H and O–H groups in total. The second kappa shape index (κ2) is 10.5. The van der Waals surface area contributed by atoms with Gasteiger partial charge in [-0.15, -0.1) is 24.2 Å². The lowest BCUT2D eigenvalue weighted by Gasteiger charge is -2.25. The molecule has 0 aliphatic heterocycles. The van der Waals surface area contributed by atoms with Gasteiger partial charge >= 0.3 is 6.09 Å². The second-order valence-corrected chi connectivity index (χ2v) is 8.04. The van der Waals surface area contributed by atoms with E-state index in [1.807, 2.05) is 39.8 Å². The zero-order chi connectivity index (χ0) is 18.3. The van der Waals surface area contributed by atoms with Crippen molar-refractivity contribution in [1.82, 2.24) is 9.88 Å². The van der Waals surface area contributed by atoms with E-state index in [-0.39, 0.29) is 23.8 Å². The molecular weight excluding hydrogens is 358 g/mol. The third-order valence-electron chi connectivity index (χ3n) is 3.35. The molecule has 140 valence electrons. The maximum absolute atomic E-state index is 12.0. The van der Waals surface area contributed by atoms with Crippen LogP contribution in [0.2, 0.25) is 0 Å². The highest BCUT2D eigenvalue weighted by atomic mass is 35.5. The molecule has 0 fully saturated rings. The van der Waals surface area contributed by atoms with Gasteiger partial charge in [0.25, 0.3) is 0 Å². The number of aromatic nitrogens is 1. The number of amides is 1. The maximum Gasteiger partial charge on any atom is 0.410 e. The lowest BCUT2D eigenvalue weighted by molar-refractivity contribution is 0.0297. The molecule has 1 aromatic heterocycles. The summed E-state index contributed by atoms with van der Waals surface area (Å²) in [6.07, 6.45) is 1.44. The zero-order valence-electron chi connectivity index (χ0n) is 15.8. The molecule has 1 rings (SSSR count). The number of rotatable bonds is 6. The van der Waals surface area contributed by atoms with Crippen LogP contribution < -0.4 is 0 Å². The van der Waals surface area contributed by atoms with Gasteiger partial charge in [0.15, 0.2) is 0 Å². The molecule has 5 nitrogen and oxygen atoms in total. The number of carbonyl (C=O) groups is 1. The fraction of sp³-hybridized carbons (Fsp3) is 0.611. The molecular formula is C18H28ClN3O2S. The van der Waals surface area contributed by atoms with E-state index in [0.29, 0.717) is 12.1 Å². The third kappa shape index (κ3) is 8.46. The summed E-state index contributed by atoms with van der Waals surface area (Å²) < 4.78 is 5.36. The summed E-state index contributed by atoms with van der Waals surface area (Å²) in [6.45, 7) is 10.2. The van der Waals surface area contributed by atoms with Gasteiger partial charge in [-0.3, -0.25) is 0 Å². The molecule has 0 aromatic carbocycles. The molecule has 1 heterocycles. The van der Waals surface area contributed by atoms with Gasteiger partial charge in [-0.2, -0.15) is 5.26 Å². The minimum absolute atomic E-state index is 0. The van der Waals surface area contributed by atoms with E-state index in [1.165, 1.54) is 0 Å². The molecule has 0 aliphatic rings. The van der Waals surface area contributed by atoms with Gasteiger partial charge in [-0.1, -0.05) is 6.92 Å². The number of thioether (sulfide) groups is 1. The minimum atomic E-state index is -0.489. The molecule has 0 radical (unpaired) electrons. The van der Waals surface area contributed by atoms with Gasteiger partial charge in [-0.25, -0.2) is 9.78 Å². The first kappa shape index (κ1) is 23.5. The maximum atomic E-state index is 12.0. The molecule has 1 unspecified atom stereocenters. The molecule has 1 aromatic rings. The van der Waals surface area contributed by atoms with Crippen molar-refractivity contribution in [3.8, 4) is 6.07 Å². The van der Waals surface area contributed by atoms with E-state index in [9.17, 15) is 10.1 Å². The van der Waals surface area contributed by atoms with E-state index in [1.54, 1.807) is 23.7 Å². The third-order valence-corrected chi connectivity index (χ3v) is 4.78. The SMILES string of the molecule is CCC(CCN(C)C(=O)OC(C)(C)C)Sc1nc(C)ccc1C#N.Cl. The number of ether oxygens (including phenoxy) is 1. The highest BCUT2D eigenvalue weighted by Crippen LogP contribution is 2.29. The number of carbonyl (C=O) groups excluding carboxylic acids is 1. The molecule has 0 aliphatic carbocycles. The second-order valence-electron chi connectivity index (χ2n) is 6.76. The summed E-state index contributed by atoms with van der Waals surface area (Å²) in [4.78, 5) is 18.1. The summed E-state index contributed by atoms with van der Waals surface area (Å²) in [5.74, 6) is 0. The molecule has 1 atom stereocenters. The average Bonchev–Trinajstić information content (AvgIpc) is 2.49. The summed E-state index contributed by atoms with van der Waals surface area (Å²) in [7, 11) is 1.75. The topological polar surface area (TPSA) is 66.2 Å². The predicted octanol–water partition coefficient (Wildman–Crippen LogP) is 4.81. The molecule has 0 saturated carbocycles. The molecule has 0 bridgehead atoms. The Kier molecular flexibility index (Phi) is 9.91. The van der Waals surface area contributed by atoms with Gasteiger partial charge in [0.05, 0.1) is 5.56 Å². The fourth-order valence-corrected chi connectivity index (χ4v) is 3.12. The van der Waals surface area contributed by atoms with Gasteiger partial charge in [-0.05, 0) is 52.7 Å². The Morgan fingerprint density at radius 1 is 1.44 bits per heavy atom. The van der Waals surface area contributed by atoms with Crippen LogP contribution in [0.3, 0.4) is 0 Å². The first-order valence-corrected chi connectivity index (χ1v) is 9.02. The molecule has 0 saturated heterocycles. The van der Waals surface area contributed by atoms with Crippen LogP contribution in [0.4, 0.5) is 4.79 Å². The smallest absolute Gasteiger partial charge is 0.410 e. The number of hydrogen-bond acceptors (Lipinski definition) is 5. The number of nitrogens with zero attached hydrogens (tertiary/aromatic N) is 3. The molecule has 25 heavy (non-hydrogen) atoms. The van der Waals surface area contributed by atoms with Crippen LogP contribution in [0.25, 0.3) is 0 Å². The minimum Gasteiger partial charge on any atom is -0.444 e. The van der Waals surface area contributed by atoms with Crippen molar-refractivity contribution in [2.24, 2.45) is 0 Å². The summed E-state index contributed by atoms with van der Waals surface area (Å²) in [5, 5.41) is 10.3. The fourth-order valence-electron chi connectivity index (χ4n) is 1.98. The number of halogens is 1. The quantitative estimate of drug-likeness (QED) is 0.657. The Bertz CT molecular complexity index is 611. The van der Waals surface area contributed by atoms with Crippen LogP contribution in [0.1, 0.15) is 51.8 Å². The van der Waals surface area contributed by atoms with E-state index < -0.39 is 5.60 Å². The van der Waals surface area contributed by atoms with Crippen molar-refractivity contribution in [2.75, 3.05) is 13.6 Å². The van der Waals surface area contributed by atoms with E-state index in [0.717, 1.165) is 23.6 Å². The van der Waals surface area contributed by atoms with Gasteiger partial charge < -0.3 is 9.64 Å². The summed E-state index contributed by atoms with van der Waals surface area (Å²) in [6, 6.07) is 5.85. The summed E-state index contributed by atoms with van der Waals surface area (Å²) in [5.41, 5.74) is 1.01. The van der Waals surface area contributed by atoms with Crippen LogP contribution in [0.15, 0.2) is 17.2 Å². The van der Waals surface area contributed by atoms with Gasteiger partial charge in [0, 0.05) is 24.5 Å². The van der Waals surface area contributed by atoms with Crippen molar-refractivity contribution in [2.45, 2.75) is 63.3 Å². The number of hydrogen-bond donors (Lipinski definition) is 0. The number of nitriles is 1. The van der Waals surface area contributed by atoms with Crippen molar-refractivity contribution < 1.29 is 9.53 Å². The number of aryl methyl sites for hydroxylation is 1.